The normalized spacial score (nSPS) is 11.4. The summed E-state index contributed by atoms with van der Waals surface area (Å²) in [7, 11) is 0. The SMILES string of the molecule is C[C@@H](Oc1ccc(Br)cc1F)C(=O)Nc1ccc(C#N)cc1. The summed E-state index contributed by atoms with van der Waals surface area (Å²) in [6.45, 7) is 1.53. The molecule has 0 bridgehead atoms. The van der Waals surface area contributed by atoms with Crippen molar-refractivity contribution in [2.24, 2.45) is 0 Å². The van der Waals surface area contributed by atoms with Crippen molar-refractivity contribution in [1.82, 2.24) is 0 Å². The quantitative estimate of drug-likeness (QED) is 0.897. The minimum atomic E-state index is -0.869. The third kappa shape index (κ3) is 4.06. The van der Waals surface area contributed by atoms with Gasteiger partial charge in [-0.05, 0) is 49.4 Å². The van der Waals surface area contributed by atoms with Gasteiger partial charge in [-0.15, -0.1) is 0 Å². The summed E-state index contributed by atoms with van der Waals surface area (Å²) in [5.74, 6) is -0.954. The van der Waals surface area contributed by atoms with E-state index in [0.717, 1.165) is 0 Å². The van der Waals surface area contributed by atoms with Crippen LogP contribution < -0.4 is 10.1 Å². The summed E-state index contributed by atoms with van der Waals surface area (Å²) in [4.78, 5) is 12.0. The number of carbonyl (C=O) groups excluding carboxylic acids is 1. The first kappa shape index (κ1) is 16.0. The van der Waals surface area contributed by atoms with Gasteiger partial charge in [-0.1, -0.05) is 15.9 Å². The lowest BCUT2D eigenvalue weighted by Gasteiger charge is -2.15. The van der Waals surface area contributed by atoms with E-state index in [4.69, 9.17) is 10.00 Å². The second-order valence-electron chi connectivity index (χ2n) is 4.51. The number of anilines is 1. The van der Waals surface area contributed by atoms with Crippen LogP contribution in [0.3, 0.4) is 0 Å². The minimum Gasteiger partial charge on any atom is -0.478 e. The lowest BCUT2D eigenvalue weighted by atomic mass is 10.2. The molecule has 1 amide bonds. The molecule has 0 spiro atoms. The van der Waals surface area contributed by atoms with Crippen LogP contribution in [0.2, 0.25) is 0 Å². The first-order valence-corrected chi connectivity index (χ1v) is 7.21. The molecular weight excluding hydrogens is 351 g/mol. The Morgan fingerprint density at radius 2 is 2.00 bits per heavy atom. The van der Waals surface area contributed by atoms with Gasteiger partial charge in [0.1, 0.15) is 0 Å². The standard InChI is InChI=1S/C16H12BrFN2O2/c1-10(22-15-7-4-12(17)8-14(15)18)16(21)20-13-5-2-11(9-19)3-6-13/h2-8,10H,1H3,(H,20,21)/t10-/m1/s1. The maximum Gasteiger partial charge on any atom is 0.265 e. The first-order chi connectivity index (χ1) is 10.5. The summed E-state index contributed by atoms with van der Waals surface area (Å²) < 4.78 is 19.6. The molecule has 2 aromatic rings. The molecule has 2 aromatic carbocycles. The Morgan fingerprint density at radius 1 is 1.32 bits per heavy atom. The number of carbonyl (C=O) groups is 1. The van der Waals surface area contributed by atoms with Gasteiger partial charge < -0.3 is 10.1 Å². The summed E-state index contributed by atoms with van der Waals surface area (Å²) in [5, 5.41) is 11.4. The molecular formula is C16H12BrFN2O2. The largest absolute Gasteiger partial charge is 0.478 e. The number of hydrogen-bond donors (Lipinski definition) is 1. The fourth-order valence-corrected chi connectivity index (χ4v) is 2.02. The number of ether oxygens (including phenoxy) is 1. The topological polar surface area (TPSA) is 62.1 Å². The zero-order chi connectivity index (χ0) is 16.1. The van der Waals surface area contributed by atoms with Crippen LogP contribution in [0.15, 0.2) is 46.9 Å². The van der Waals surface area contributed by atoms with E-state index in [1.807, 2.05) is 6.07 Å². The van der Waals surface area contributed by atoms with Gasteiger partial charge in [-0.2, -0.15) is 5.26 Å². The van der Waals surface area contributed by atoms with Crippen LogP contribution in [0, 0.1) is 17.1 Å². The van der Waals surface area contributed by atoms with Crippen molar-refractivity contribution >= 4 is 27.5 Å². The molecule has 1 atom stereocenters. The van der Waals surface area contributed by atoms with E-state index in [1.165, 1.54) is 19.1 Å². The molecule has 0 aliphatic heterocycles. The highest BCUT2D eigenvalue weighted by Crippen LogP contribution is 2.22. The highest BCUT2D eigenvalue weighted by molar-refractivity contribution is 9.10. The second kappa shape index (κ2) is 7.05. The maximum absolute atomic E-state index is 13.7. The average Bonchev–Trinajstić information content (AvgIpc) is 2.50. The minimum absolute atomic E-state index is 0.00526. The van der Waals surface area contributed by atoms with E-state index in [9.17, 15) is 9.18 Å². The molecule has 0 heterocycles. The van der Waals surface area contributed by atoms with Crippen molar-refractivity contribution in [2.45, 2.75) is 13.0 Å². The number of amides is 1. The number of rotatable bonds is 4. The highest BCUT2D eigenvalue weighted by Gasteiger charge is 2.17. The monoisotopic (exact) mass is 362 g/mol. The smallest absolute Gasteiger partial charge is 0.265 e. The van der Waals surface area contributed by atoms with Gasteiger partial charge in [0.2, 0.25) is 0 Å². The molecule has 112 valence electrons. The number of nitrogens with one attached hydrogen (secondary N) is 1. The fraction of sp³-hybridized carbons (Fsp3) is 0.125. The van der Waals surface area contributed by atoms with Crippen LogP contribution in [0.1, 0.15) is 12.5 Å². The third-order valence-electron chi connectivity index (χ3n) is 2.85. The lowest BCUT2D eigenvalue weighted by molar-refractivity contribution is -0.122. The van der Waals surface area contributed by atoms with Crippen molar-refractivity contribution in [3.63, 3.8) is 0 Å². The van der Waals surface area contributed by atoms with Gasteiger partial charge in [0, 0.05) is 10.2 Å². The van der Waals surface area contributed by atoms with Crippen molar-refractivity contribution in [1.29, 1.82) is 5.26 Å². The van der Waals surface area contributed by atoms with Crippen LogP contribution in [-0.2, 0) is 4.79 Å². The van der Waals surface area contributed by atoms with Crippen LogP contribution >= 0.6 is 15.9 Å². The molecule has 0 aromatic heterocycles. The zero-order valence-corrected chi connectivity index (χ0v) is 13.2. The van der Waals surface area contributed by atoms with Gasteiger partial charge in [-0.3, -0.25) is 4.79 Å². The number of benzene rings is 2. The van der Waals surface area contributed by atoms with E-state index >= 15 is 0 Å². The van der Waals surface area contributed by atoms with E-state index in [-0.39, 0.29) is 5.75 Å². The Bertz CT molecular complexity index is 726. The predicted octanol–water partition coefficient (Wildman–Crippen LogP) is 3.87. The van der Waals surface area contributed by atoms with Crippen LogP contribution in [0.5, 0.6) is 5.75 Å². The molecule has 2 rings (SSSR count). The van der Waals surface area contributed by atoms with Gasteiger partial charge >= 0.3 is 0 Å². The van der Waals surface area contributed by atoms with Gasteiger partial charge in [0.25, 0.3) is 5.91 Å². The summed E-state index contributed by atoms with van der Waals surface area (Å²) in [6, 6.07) is 12.7. The molecule has 4 nitrogen and oxygen atoms in total. The number of halogens is 2. The predicted molar refractivity (Wildman–Crippen MR) is 84.0 cm³/mol. The molecule has 0 aliphatic carbocycles. The molecule has 0 aliphatic rings. The van der Waals surface area contributed by atoms with Gasteiger partial charge in [0.15, 0.2) is 17.7 Å². The third-order valence-corrected chi connectivity index (χ3v) is 3.34. The first-order valence-electron chi connectivity index (χ1n) is 6.42. The second-order valence-corrected chi connectivity index (χ2v) is 5.43. The Balaban J connectivity index is 2.01. The van der Waals surface area contributed by atoms with Gasteiger partial charge in [-0.25, -0.2) is 4.39 Å². The van der Waals surface area contributed by atoms with E-state index < -0.39 is 17.8 Å². The van der Waals surface area contributed by atoms with E-state index in [2.05, 4.69) is 21.2 Å². The lowest BCUT2D eigenvalue weighted by Crippen LogP contribution is -2.30. The summed E-state index contributed by atoms with van der Waals surface area (Å²) in [6.07, 6.45) is -0.869. The summed E-state index contributed by atoms with van der Waals surface area (Å²) in [5.41, 5.74) is 1.04. The van der Waals surface area contributed by atoms with Crippen LogP contribution in [-0.4, -0.2) is 12.0 Å². The molecule has 0 fully saturated rings. The van der Waals surface area contributed by atoms with Crippen molar-refractivity contribution < 1.29 is 13.9 Å². The number of nitriles is 1. The van der Waals surface area contributed by atoms with Crippen LogP contribution in [0.25, 0.3) is 0 Å². The molecule has 6 heteroatoms. The molecule has 1 N–H and O–H groups in total. The maximum atomic E-state index is 13.7. The molecule has 0 saturated heterocycles. The van der Waals surface area contributed by atoms with Crippen molar-refractivity contribution in [2.75, 3.05) is 5.32 Å². The van der Waals surface area contributed by atoms with E-state index in [0.29, 0.717) is 15.7 Å². The Hall–Kier alpha value is -2.39. The fourth-order valence-electron chi connectivity index (χ4n) is 1.69. The Kier molecular flexibility index (Phi) is 5.12. The Labute approximate surface area is 135 Å². The molecule has 0 saturated carbocycles. The summed E-state index contributed by atoms with van der Waals surface area (Å²) >= 11 is 3.15. The van der Waals surface area contributed by atoms with Crippen molar-refractivity contribution in [3.8, 4) is 11.8 Å². The Morgan fingerprint density at radius 3 is 2.59 bits per heavy atom. The molecule has 0 radical (unpaired) electrons. The highest BCUT2D eigenvalue weighted by atomic mass is 79.9. The van der Waals surface area contributed by atoms with Gasteiger partial charge in [0.05, 0.1) is 11.6 Å². The van der Waals surface area contributed by atoms with E-state index in [1.54, 1.807) is 30.3 Å². The average molecular weight is 363 g/mol. The number of nitrogens with zero attached hydrogens (tertiary/aromatic N) is 1. The van der Waals surface area contributed by atoms with Crippen LogP contribution in [0.4, 0.5) is 10.1 Å². The molecule has 0 unspecified atom stereocenters. The zero-order valence-electron chi connectivity index (χ0n) is 11.6. The number of hydrogen-bond acceptors (Lipinski definition) is 3. The van der Waals surface area contributed by atoms with Crippen molar-refractivity contribution in [3.05, 3.63) is 58.3 Å². The molecule has 22 heavy (non-hydrogen) atoms.